The maximum absolute atomic E-state index is 12.2. The van der Waals surface area contributed by atoms with Crippen LogP contribution in [-0.2, 0) is 4.79 Å². The van der Waals surface area contributed by atoms with E-state index in [0.29, 0.717) is 29.4 Å². The zero-order valence-corrected chi connectivity index (χ0v) is 11.4. The van der Waals surface area contributed by atoms with Crippen LogP contribution in [0.3, 0.4) is 0 Å². The van der Waals surface area contributed by atoms with Crippen LogP contribution in [0.5, 0.6) is 0 Å². The molecule has 0 spiro atoms. The highest BCUT2D eigenvalue weighted by atomic mass is 35.5. The molecule has 5 heteroatoms. The van der Waals surface area contributed by atoms with E-state index in [9.17, 15) is 9.59 Å². The third-order valence-electron chi connectivity index (χ3n) is 3.05. The Morgan fingerprint density at radius 1 is 1.59 bits per heavy atom. The molecular formula is C12H14ClNO2S. The van der Waals surface area contributed by atoms with E-state index in [1.54, 1.807) is 4.90 Å². The number of amides is 1. The van der Waals surface area contributed by atoms with Gasteiger partial charge in [-0.1, -0.05) is 18.5 Å². The second kappa shape index (κ2) is 4.78. The normalized spacial score (nSPS) is 20.8. The van der Waals surface area contributed by atoms with Crippen LogP contribution in [0, 0.1) is 12.8 Å². The number of nitrogens with zero attached hydrogens (tertiary/aromatic N) is 1. The molecule has 0 aliphatic carbocycles. The van der Waals surface area contributed by atoms with Gasteiger partial charge in [0.2, 0.25) is 0 Å². The summed E-state index contributed by atoms with van der Waals surface area (Å²) in [5, 5.41) is 2.43. The highest BCUT2D eigenvalue weighted by Gasteiger charge is 2.29. The summed E-state index contributed by atoms with van der Waals surface area (Å²) in [5.74, 6) is 0.127. The van der Waals surface area contributed by atoms with E-state index < -0.39 is 0 Å². The van der Waals surface area contributed by atoms with Crippen molar-refractivity contribution in [3.8, 4) is 0 Å². The van der Waals surface area contributed by atoms with Crippen LogP contribution in [0.1, 0.15) is 28.6 Å². The van der Waals surface area contributed by atoms with E-state index in [1.807, 2.05) is 19.2 Å². The van der Waals surface area contributed by atoms with Crippen molar-refractivity contribution in [2.45, 2.75) is 20.3 Å². The van der Waals surface area contributed by atoms with Gasteiger partial charge in [0, 0.05) is 25.4 Å². The molecule has 1 aromatic heterocycles. The van der Waals surface area contributed by atoms with E-state index in [0.717, 1.165) is 5.56 Å². The second-order valence-corrected chi connectivity index (χ2v) is 5.69. The molecule has 17 heavy (non-hydrogen) atoms. The first-order valence-electron chi connectivity index (χ1n) is 5.56. The molecular weight excluding hydrogens is 258 g/mol. The molecule has 92 valence electrons. The standard InChI is InChI=1S/C12H14ClNO2S/c1-7-5-14(4-3-9(7)15)12(16)11-10(13)8(2)6-17-11/h6-7H,3-5H2,1-2H3. The van der Waals surface area contributed by atoms with Crippen molar-refractivity contribution in [2.24, 2.45) is 5.92 Å². The number of Topliss-reactive ketones (excluding diaryl/α,β-unsaturated/α-hetero) is 1. The topological polar surface area (TPSA) is 37.4 Å². The molecule has 1 unspecified atom stereocenters. The first-order valence-corrected chi connectivity index (χ1v) is 6.82. The number of ketones is 1. The highest BCUT2D eigenvalue weighted by molar-refractivity contribution is 7.13. The van der Waals surface area contributed by atoms with Gasteiger partial charge in [0.15, 0.2) is 0 Å². The molecule has 1 fully saturated rings. The lowest BCUT2D eigenvalue weighted by Gasteiger charge is -2.29. The van der Waals surface area contributed by atoms with Crippen molar-refractivity contribution in [1.29, 1.82) is 0 Å². The van der Waals surface area contributed by atoms with Gasteiger partial charge in [-0.3, -0.25) is 9.59 Å². The third-order valence-corrected chi connectivity index (χ3v) is 4.74. The molecule has 1 aromatic rings. The van der Waals surface area contributed by atoms with Gasteiger partial charge in [-0.15, -0.1) is 11.3 Å². The minimum absolute atomic E-state index is 0.0487. The summed E-state index contributed by atoms with van der Waals surface area (Å²) in [7, 11) is 0. The average molecular weight is 272 g/mol. The van der Waals surface area contributed by atoms with Crippen molar-refractivity contribution in [3.05, 3.63) is 20.8 Å². The smallest absolute Gasteiger partial charge is 0.265 e. The molecule has 2 rings (SSSR count). The number of piperidine rings is 1. The van der Waals surface area contributed by atoms with Gasteiger partial charge in [-0.2, -0.15) is 0 Å². The summed E-state index contributed by atoms with van der Waals surface area (Å²) >= 11 is 7.46. The van der Waals surface area contributed by atoms with Crippen LogP contribution in [0.25, 0.3) is 0 Å². The molecule has 1 atom stereocenters. The predicted molar refractivity (Wildman–Crippen MR) is 68.8 cm³/mol. The van der Waals surface area contributed by atoms with Crippen LogP contribution in [0.15, 0.2) is 5.38 Å². The predicted octanol–water partition coefficient (Wildman–Crippen LogP) is 2.76. The summed E-state index contributed by atoms with van der Waals surface area (Å²) in [6.45, 7) is 4.77. The monoisotopic (exact) mass is 271 g/mol. The van der Waals surface area contributed by atoms with Crippen molar-refractivity contribution >= 4 is 34.6 Å². The Bertz CT molecular complexity index is 469. The van der Waals surface area contributed by atoms with Gasteiger partial charge >= 0.3 is 0 Å². The molecule has 1 aliphatic heterocycles. The van der Waals surface area contributed by atoms with E-state index in [1.165, 1.54) is 11.3 Å². The van der Waals surface area contributed by atoms with Crippen molar-refractivity contribution in [3.63, 3.8) is 0 Å². The fourth-order valence-electron chi connectivity index (χ4n) is 1.92. The molecule has 0 radical (unpaired) electrons. The first-order chi connectivity index (χ1) is 8.00. The fraction of sp³-hybridized carbons (Fsp3) is 0.500. The van der Waals surface area contributed by atoms with Gasteiger partial charge in [-0.05, 0) is 17.9 Å². The lowest BCUT2D eigenvalue weighted by atomic mass is 9.98. The Kier molecular flexibility index (Phi) is 3.54. The zero-order chi connectivity index (χ0) is 12.6. The van der Waals surface area contributed by atoms with Crippen molar-refractivity contribution < 1.29 is 9.59 Å². The summed E-state index contributed by atoms with van der Waals surface area (Å²) in [6, 6.07) is 0. The lowest BCUT2D eigenvalue weighted by Crippen LogP contribution is -2.42. The number of hydrogen-bond donors (Lipinski definition) is 0. The van der Waals surface area contributed by atoms with E-state index >= 15 is 0 Å². The van der Waals surface area contributed by atoms with Gasteiger partial charge in [0.1, 0.15) is 10.7 Å². The molecule has 3 nitrogen and oxygen atoms in total. The Labute approximate surface area is 109 Å². The van der Waals surface area contributed by atoms with E-state index in [4.69, 9.17) is 11.6 Å². The molecule has 0 saturated carbocycles. The summed E-state index contributed by atoms with van der Waals surface area (Å²) in [6.07, 6.45) is 0.453. The largest absolute Gasteiger partial charge is 0.337 e. The molecule has 1 saturated heterocycles. The van der Waals surface area contributed by atoms with E-state index in [-0.39, 0.29) is 17.6 Å². The number of rotatable bonds is 1. The number of thiophene rings is 1. The fourth-order valence-corrected chi connectivity index (χ4v) is 3.16. The van der Waals surface area contributed by atoms with Crippen LogP contribution in [0.4, 0.5) is 0 Å². The Balaban J connectivity index is 2.16. The number of halogens is 1. The van der Waals surface area contributed by atoms with Crippen LogP contribution in [-0.4, -0.2) is 29.7 Å². The van der Waals surface area contributed by atoms with Gasteiger partial charge < -0.3 is 4.90 Å². The molecule has 0 aromatic carbocycles. The zero-order valence-electron chi connectivity index (χ0n) is 9.83. The molecule has 1 aliphatic rings. The van der Waals surface area contributed by atoms with Crippen molar-refractivity contribution in [1.82, 2.24) is 4.90 Å². The van der Waals surface area contributed by atoms with Gasteiger partial charge in [-0.25, -0.2) is 0 Å². The van der Waals surface area contributed by atoms with Crippen LogP contribution >= 0.6 is 22.9 Å². The SMILES string of the molecule is Cc1csc(C(=O)N2CCC(=O)C(C)C2)c1Cl. The first kappa shape index (κ1) is 12.6. The molecule has 0 bridgehead atoms. The number of likely N-dealkylation sites (tertiary alicyclic amines) is 1. The molecule has 1 amide bonds. The quantitative estimate of drug-likeness (QED) is 0.788. The van der Waals surface area contributed by atoms with E-state index in [2.05, 4.69) is 0 Å². The molecule has 2 heterocycles. The number of carbonyl (C=O) groups excluding carboxylic acids is 2. The van der Waals surface area contributed by atoms with Crippen molar-refractivity contribution in [2.75, 3.05) is 13.1 Å². The summed E-state index contributed by atoms with van der Waals surface area (Å²) in [5.41, 5.74) is 0.932. The maximum atomic E-state index is 12.2. The lowest BCUT2D eigenvalue weighted by molar-refractivity contribution is -0.124. The number of aryl methyl sites for hydroxylation is 1. The van der Waals surface area contributed by atoms with Crippen LogP contribution < -0.4 is 0 Å². The summed E-state index contributed by atoms with van der Waals surface area (Å²) < 4.78 is 0. The third kappa shape index (κ3) is 2.38. The Morgan fingerprint density at radius 3 is 2.82 bits per heavy atom. The minimum atomic E-state index is -0.0625. The van der Waals surface area contributed by atoms with Gasteiger partial charge in [0.25, 0.3) is 5.91 Å². The Morgan fingerprint density at radius 2 is 2.29 bits per heavy atom. The number of carbonyl (C=O) groups is 2. The average Bonchev–Trinajstić information content (AvgIpc) is 2.63. The maximum Gasteiger partial charge on any atom is 0.265 e. The summed E-state index contributed by atoms with van der Waals surface area (Å²) in [4.78, 5) is 25.9. The second-order valence-electron chi connectivity index (χ2n) is 4.43. The minimum Gasteiger partial charge on any atom is -0.337 e. The highest BCUT2D eigenvalue weighted by Crippen LogP contribution is 2.29. The number of hydrogen-bond acceptors (Lipinski definition) is 3. The molecule has 0 N–H and O–H groups in total. The Hall–Kier alpha value is -0.870. The van der Waals surface area contributed by atoms with Crippen LogP contribution in [0.2, 0.25) is 5.02 Å². The van der Waals surface area contributed by atoms with Gasteiger partial charge in [0.05, 0.1) is 5.02 Å².